The van der Waals surface area contributed by atoms with Crippen molar-refractivity contribution < 1.29 is 14.6 Å². The van der Waals surface area contributed by atoms with Crippen LogP contribution in [-0.2, 0) is 0 Å². The fourth-order valence-corrected chi connectivity index (χ4v) is 1.68. The molecule has 6 heteroatoms. The Hall–Kier alpha value is -2.40. The zero-order chi connectivity index (χ0) is 14.5. The fraction of sp³-hybridized carbons (Fsp3) is 0.0714. The minimum absolute atomic E-state index is 0.0890. The Balaban J connectivity index is 1.99. The first-order valence-corrected chi connectivity index (χ1v) is 6.17. The number of benzene rings is 2. The van der Waals surface area contributed by atoms with Gasteiger partial charge in [0, 0.05) is 17.4 Å². The van der Waals surface area contributed by atoms with Gasteiger partial charge in [-0.3, -0.25) is 0 Å². The lowest BCUT2D eigenvalue weighted by Crippen LogP contribution is -2.19. The second kappa shape index (κ2) is 6.16. The third kappa shape index (κ3) is 3.55. The van der Waals surface area contributed by atoms with Gasteiger partial charge < -0.3 is 20.5 Å². The lowest BCUT2D eigenvalue weighted by atomic mass is 10.3. The van der Waals surface area contributed by atoms with Crippen molar-refractivity contribution >= 4 is 29.0 Å². The van der Waals surface area contributed by atoms with Gasteiger partial charge in [-0.2, -0.15) is 0 Å². The van der Waals surface area contributed by atoms with Crippen molar-refractivity contribution in [3.8, 4) is 11.5 Å². The summed E-state index contributed by atoms with van der Waals surface area (Å²) in [6, 6.07) is 11.0. The number of carbonyl (C=O) groups is 1. The molecule has 0 aliphatic carbocycles. The van der Waals surface area contributed by atoms with Gasteiger partial charge in [0.15, 0.2) is 0 Å². The van der Waals surface area contributed by atoms with Crippen molar-refractivity contribution in [1.29, 1.82) is 0 Å². The number of nitrogens with one attached hydrogen (secondary N) is 2. The first-order valence-electron chi connectivity index (χ1n) is 5.79. The number of urea groups is 1. The molecule has 0 radical (unpaired) electrons. The molecule has 0 atom stereocenters. The van der Waals surface area contributed by atoms with E-state index in [1.54, 1.807) is 37.4 Å². The maximum atomic E-state index is 11.8. The van der Waals surface area contributed by atoms with Crippen molar-refractivity contribution in [2.24, 2.45) is 0 Å². The molecule has 3 N–H and O–H groups in total. The van der Waals surface area contributed by atoms with Crippen molar-refractivity contribution in [3.05, 3.63) is 47.5 Å². The molecule has 0 aliphatic rings. The first kappa shape index (κ1) is 14.0. The molecule has 5 nitrogen and oxygen atoms in total. The van der Waals surface area contributed by atoms with E-state index in [9.17, 15) is 9.90 Å². The van der Waals surface area contributed by atoms with Crippen LogP contribution >= 0.6 is 11.6 Å². The molecule has 0 heterocycles. The van der Waals surface area contributed by atoms with Crippen molar-refractivity contribution in [2.75, 3.05) is 17.7 Å². The number of ether oxygens (including phenoxy) is 1. The lowest BCUT2D eigenvalue weighted by Gasteiger charge is -2.09. The number of hydrogen-bond acceptors (Lipinski definition) is 3. The highest BCUT2D eigenvalue weighted by atomic mass is 35.5. The molecule has 20 heavy (non-hydrogen) atoms. The molecule has 0 saturated heterocycles. The minimum Gasteiger partial charge on any atom is -0.506 e. The van der Waals surface area contributed by atoms with Crippen LogP contribution in [0.15, 0.2) is 42.5 Å². The predicted octanol–water partition coefficient (Wildman–Crippen LogP) is 3.70. The summed E-state index contributed by atoms with van der Waals surface area (Å²) in [6.45, 7) is 0. The number of hydrogen-bond donors (Lipinski definition) is 3. The third-order valence-electron chi connectivity index (χ3n) is 2.55. The second-order valence-corrected chi connectivity index (χ2v) is 4.38. The zero-order valence-electron chi connectivity index (χ0n) is 10.7. The van der Waals surface area contributed by atoms with E-state index in [1.807, 2.05) is 0 Å². The Bertz CT molecular complexity index is 614. The number of carbonyl (C=O) groups excluding carboxylic acids is 1. The van der Waals surface area contributed by atoms with Crippen molar-refractivity contribution in [1.82, 2.24) is 0 Å². The number of halogens is 1. The van der Waals surface area contributed by atoms with Crippen LogP contribution in [0.2, 0.25) is 5.02 Å². The largest absolute Gasteiger partial charge is 0.506 e. The highest BCUT2D eigenvalue weighted by Gasteiger charge is 2.05. The Labute approximate surface area is 121 Å². The van der Waals surface area contributed by atoms with Crippen LogP contribution < -0.4 is 15.4 Å². The fourth-order valence-electron chi connectivity index (χ4n) is 1.56. The van der Waals surface area contributed by atoms with E-state index in [0.717, 1.165) is 0 Å². The third-order valence-corrected chi connectivity index (χ3v) is 2.87. The summed E-state index contributed by atoms with van der Waals surface area (Å²) in [5.41, 5.74) is 1.07. The van der Waals surface area contributed by atoms with Crippen molar-refractivity contribution in [3.63, 3.8) is 0 Å². The predicted molar refractivity (Wildman–Crippen MR) is 78.8 cm³/mol. The number of rotatable bonds is 3. The van der Waals surface area contributed by atoms with E-state index in [4.69, 9.17) is 16.3 Å². The molecule has 0 aromatic heterocycles. The molecular weight excluding hydrogens is 280 g/mol. The molecule has 0 fully saturated rings. The molecular formula is C14H13ClN2O3. The topological polar surface area (TPSA) is 70.6 Å². The van der Waals surface area contributed by atoms with E-state index in [-0.39, 0.29) is 10.8 Å². The Kier molecular flexibility index (Phi) is 4.32. The molecule has 2 aromatic carbocycles. The van der Waals surface area contributed by atoms with E-state index >= 15 is 0 Å². The average molecular weight is 293 g/mol. The second-order valence-electron chi connectivity index (χ2n) is 3.97. The SMILES string of the molecule is COc1ccc(NC(=O)Nc2ccc(Cl)c(O)c2)cc1. The molecule has 0 spiro atoms. The molecule has 2 rings (SSSR count). The summed E-state index contributed by atoms with van der Waals surface area (Å²) in [7, 11) is 1.57. The summed E-state index contributed by atoms with van der Waals surface area (Å²) in [5.74, 6) is 0.618. The Morgan fingerprint density at radius 2 is 1.70 bits per heavy atom. The van der Waals surface area contributed by atoms with Gasteiger partial charge in [-0.25, -0.2) is 4.79 Å². The van der Waals surface area contributed by atoms with E-state index in [0.29, 0.717) is 17.1 Å². The summed E-state index contributed by atoms with van der Waals surface area (Å²) < 4.78 is 5.03. The van der Waals surface area contributed by atoms with Crippen LogP contribution in [0.1, 0.15) is 0 Å². The molecule has 2 aromatic rings. The highest BCUT2D eigenvalue weighted by molar-refractivity contribution is 6.32. The smallest absolute Gasteiger partial charge is 0.323 e. The van der Waals surface area contributed by atoms with E-state index in [1.165, 1.54) is 12.1 Å². The monoisotopic (exact) mass is 292 g/mol. The van der Waals surface area contributed by atoms with Crippen LogP contribution in [-0.4, -0.2) is 18.2 Å². The van der Waals surface area contributed by atoms with Gasteiger partial charge in [0.2, 0.25) is 0 Å². The van der Waals surface area contributed by atoms with Crippen LogP contribution in [0.4, 0.5) is 16.2 Å². The van der Waals surface area contributed by atoms with Crippen LogP contribution in [0.25, 0.3) is 0 Å². The Morgan fingerprint density at radius 3 is 2.30 bits per heavy atom. The normalized spacial score (nSPS) is 9.90. The zero-order valence-corrected chi connectivity index (χ0v) is 11.4. The van der Waals surface area contributed by atoms with Crippen LogP contribution in [0.3, 0.4) is 0 Å². The number of amides is 2. The maximum Gasteiger partial charge on any atom is 0.323 e. The van der Waals surface area contributed by atoms with E-state index in [2.05, 4.69) is 10.6 Å². The number of aromatic hydroxyl groups is 1. The summed E-state index contributed by atoms with van der Waals surface area (Å²) in [5, 5.41) is 14.9. The Morgan fingerprint density at radius 1 is 1.10 bits per heavy atom. The first-order chi connectivity index (χ1) is 9.58. The van der Waals surface area contributed by atoms with Crippen molar-refractivity contribution in [2.45, 2.75) is 0 Å². The minimum atomic E-state index is -0.420. The molecule has 0 bridgehead atoms. The van der Waals surface area contributed by atoms with Gasteiger partial charge in [-0.15, -0.1) is 0 Å². The van der Waals surface area contributed by atoms with Gasteiger partial charge >= 0.3 is 6.03 Å². The van der Waals surface area contributed by atoms with Crippen LogP contribution in [0.5, 0.6) is 11.5 Å². The quantitative estimate of drug-likeness (QED) is 0.808. The average Bonchev–Trinajstić information content (AvgIpc) is 2.44. The number of methoxy groups -OCH3 is 1. The number of anilines is 2. The van der Waals surface area contributed by atoms with Gasteiger partial charge in [-0.05, 0) is 36.4 Å². The molecule has 104 valence electrons. The number of phenols is 1. The summed E-state index contributed by atoms with van der Waals surface area (Å²) in [4.78, 5) is 11.8. The summed E-state index contributed by atoms with van der Waals surface area (Å²) >= 11 is 5.69. The van der Waals surface area contributed by atoms with Gasteiger partial charge in [-0.1, -0.05) is 11.6 Å². The molecule has 2 amide bonds. The van der Waals surface area contributed by atoms with Gasteiger partial charge in [0.05, 0.1) is 12.1 Å². The van der Waals surface area contributed by atoms with Gasteiger partial charge in [0.25, 0.3) is 0 Å². The van der Waals surface area contributed by atoms with Crippen LogP contribution in [0, 0.1) is 0 Å². The molecule has 0 saturated carbocycles. The lowest BCUT2D eigenvalue weighted by molar-refractivity contribution is 0.262. The van der Waals surface area contributed by atoms with Gasteiger partial charge in [0.1, 0.15) is 11.5 Å². The molecule has 0 aliphatic heterocycles. The number of phenolic OH excluding ortho intramolecular Hbond substituents is 1. The highest BCUT2D eigenvalue weighted by Crippen LogP contribution is 2.26. The summed E-state index contributed by atoms with van der Waals surface area (Å²) in [6.07, 6.45) is 0. The standard InChI is InChI=1S/C14H13ClN2O3/c1-20-11-5-2-9(3-6-11)16-14(19)17-10-4-7-12(15)13(18)8-10/h2-8,18H,1H3,(H2,16,17,19). The maximum absolute atomic E-state index is 11.8. The molecule has 0 unspecified atom stereocenters. The van der Waals surface area contributed by atoms with E-state index < -0.39 is 6.03 Å².